The molecule has 1 aromatic carbocycles. The number of Topliss-reactive ketones (excluding diaryl/α,β-unsaturated/α-hetero) is 2. The minimum Gasteiger partial charge on any atom is -0.508 e. The first-order valence-electron chi connectivity index (χ1n) is 10.1. The predicted octanol–water partition coefficient (Wildman–Crippen LogP) is 0.607. The van der Waals surface area contributed by atoms with Crippen molar-refractivity contribution in [2.45, 2.75) is 24.5 Å². The fourth-order valence-corrected chi connectivity index (χ4v) is 5.46. The Morgan fingerprint density at radius 3 is 2.47 bits per heavy atom. The van der Waals surface area contributed by atoms with Crippen LogP contribution in [0.2, 0.25) is 0 Å². The zero-order valence-electron chi connectivity index (χ0n) is 17.6. The first-order valence-corrected chi connectivity index (χ1v) is 10.1. The van der Waals surface area contributed by atoms with Crippen molar-refractivity contribution in [1.82, 2.24) is 4.90 Å². The van der Waals surface area contributed by atoms with Gasteiger partial charge in [-0.25, -0.2) is 0 Å². The topological polar surface area (TPSA) is 161 Å². The first-order chi connectivity index (χ1) is 15.0. The standard InChI is InChI=1S/C23H24N2O7/c1-4-9-5-6-13(26)15-11(9)7-10-8-12-17(25(2)3)19(28)16(22(24)31)21(30)23(12,32)20(29)14(10)18(15)27/h4-6,10,12,17,26-27,30,32H,1,7-8H2,2-3H3,(H2,24,31)/t10-,12-,17-,23-/m0/s1. The van der Waals surface area contributed by atoms with E-state index in [1.165, 1.54) is 11.0 Å². The van der Waals surface area contributed by atoms with Crippen molar-refractivity contribution in [3.8, 4) is 5.75 Å². The van der Waals surface area contributed by atoms with Gasteiger partial charge in [0.15, 0.2) is 11.4 Å². The lowest BCUT2D eigenvalue weighted by Crippen LogP contribution is -2.65. The number of fused-ring (bicyclic) bond motifs is 3. The lowest BCUT2D eigenvalue weighted by atomic mass is 9.57. The van der Waals surface area contributed by atoms with Crippen LogP contribution in [0.25, 0.3) is 11.8 Å². The largest absolute Gasteiger partial charge is 0.508 e. The highest BCUT2D eigenvalue weighted by molar-refractivity contribution is 6.24. The van der Waals surface area contributed by atoms with Crippen molar-refractivity contribution >= 4 is 29.3 Å². The molecule has 1 amide bonds. The molecule has 1 aromatic rings. The van der Waals surface area contributed by atoms with E-state index in [4.69, 9.17) is 5.73 Å². The number of benzene rings is 1. The van der Waals surface area contributed by atoms with E-state index in [1.54, 1.807) is 26.2 Å². The number of rotatable bonds is 3. The van der Waals surface area contributed by atoms with Crippen LogP contribution in [0.3, 0.4) is 0 Å². The Balaban J connectivity index is 2.00. The predicted molar refractivity (Wildman–Crippen MR) is 114 cm³/mol. The van der Waals surface area contributed by atoms with E-state index in [0.717, 1.165) is 0 Å². The maximum Gasteiger partial charge on any atom is 0.255 e. The molecule has 1 fully saturated rings. The molecule has 3 aliphatic rings. The number of nitrogens with zero attached hydrogens (tertiary/aromatic N) is 1. The van der Waals surface area contributed by atoms with Crippen molar-refractivity contribution in [2.75, 3.05) is 14.1 Å². The number of carbonyl (C=O) groups excluding carboxylic acids is 3. The maximum absolute atomic E-state index is 13.6. The van der Waals surface area contributed by atoms with Crippen LogP contribution in [0.4, 0.5) is 0 Å². The van der Waals surface area contributed by atoms with Gasteiger partial charge in [-0.2, -0.15) is 0 Å². The first kappa shape index (κ1) is 21.8. The summed E-state index contributed by atoms with van der Waals surface area (Å²) >= 11 is 0. The number of primary amides is 1. The Morgan fingerprint density at radius 2 is 1.91 bits per heavy atom. The van der Waals surface area contributed by atoms with Gasteiger partial charge in [-0.3, -0.25) is 19.3 Å². The van der Waals surface area contributed by atoms with Crippen LogP contribution < -0.4 is 5.73 Å². The molecule has 168 valence electrons. The van der Waals surface area contributed by atoms with E-state index in [1.807, 2.05) is 0 Å². The number of nitrogens with two attached hydrogens (primary N) is 1. The maximum atomic E-state index is 13.6. The van der Waals surface area contributed by atoms with E-state index < -0.39 is 58.0 Å². The molecule has 0 heterocycles. The third kappa shape index (κ3) is 2.61. The van der Waals surface area contributed by atoms with Crippen molar-refractivity contribution in [1.29, 1.82) is 0 Å². The number of likely N-dealkylation sites (N-methyl/N-ethyl adjacent to an activating group) is 1. The van der Waals surface area contributed by atoms with Crippen LogP contribution in [0.15, 0.2) is 35.6 Å². The van der Waals surface area contributed by atoms with Crippen LogP contribution in [-0.4, -0.2) is 68.5 Å². The molecule has 0 radical (unpaired) electrons. The zero-order valence-corrected chi connectivity index (χ0v) is 17.6. The summed E-state index contributed by atoms with van der Waals surface area (Å²) in [7, 11) is 3.11. The van der Waals surface area contributed by atoms with Gasteiger partial charge in [-0.1, -0.05) is 18.7 Å². The van der Waals surface area contributed by atoms with E-state index in [9.17, 15) is 34.8 Å². The Labute approximate surface area is 183 Å². The third-order valence-corrected chi connectivity index (χ3v) is 6.86. The summed E-state index contributed by atoms with van der Waals surface area (Å²) in [6.07, 6.45) is 1.86. The second-order valence-corrected chi connectivity index (χ2v) is 8.69. The van der Waals surface area contributed by atoms with Gasteiger partial charge in [0.05, 0.1) is 11.6 Å². The summed E-state index contributed by atoms with van der Waals surface area (Å²) in [5.74, 6) is -6.62. The molecule has 4 rings (SSSR count). The number of aliphatic hydroxyl groups excluding tert-OH is 2. The Morgan fingerprint density at radius 1 is 1.25 bits per heavy atom. The van der Waals surface area contributed by atoms with E-state index >= 15 is 0 Å². The minimum atomic E-state index is -2.63. The molecule has 0 aliphatic heterocycles. The molecule has 0 aromatic heterocycles. The van der Waals surface area contributed by atoms with Crippen molar-refractivity contribution in [3.05, 3.63) is 52.3 Å². The van der Waals surface area contributed by atoms with Crippen LogP contribution in [-0.2, 0) is 20.8 Å². The second-order valence-electron chi connectivity index (χ2n) is 8.69. The molecule has 3 aliphatic carbocycles. The summed E-state index contributed by atoms with van der Waals surface area (Å²) in [4.78, 5) is 40.0. The summed E-state index contributed by atoms with van der Waals surface area (Å²) < 4.78 is 0. The molecule has 0 spiro atoms. The van der Waals surface area contributed by atoms with Gasteiger partial charge in [0.25, 0.3) is 5.91 Å². The van der Waals surface area contributed by atoms with Crippen LogP contribution >= 0.6 is 0 Å². The fraction of sp³-hybridized carbons (Fsp3) is 0.348. The fourth-order valence-electron chi connectivity index (χ4n) is 5.46. The summed E-state index contributed by atoms with van der Waals surface area (Å²) in [5, 5.41) is 43.6. The molecule has 0 saturated heterocycles. The number of ketones is 2. The second kappa shape index (κ2) is 7.04. The Hall–Kier alpha value is -3.43. The average molecular weight is 440 g/mol. The number of hydrogen-bond donors (Lipinski definition) is 5. The van der Waals surface area contributed by atoms with Gasteiger partial charge in [0.1, 0.15) is 22.8 Å². The van der Waals surface area contributed by atoms with Crippen molar-refractivity contribution in [2.24, 2.45) is 17.6 Å². The summed E-state index contributed by atoms with van der Waals surface area (Å²) in [6, 6.07) is 1.90. The molecule has 9 nitrogen and oxygen atoms in total. The van der Waals surface area contributed by atoms with Gasteiger partial charge in [0, 0.05) is 11.5 Å². The number of hydrogen-bond acceptors (Lipinski definition) is 8. The van der Waals surface area contributed by atoms with Gasteiger partial charge in [-0.15, -0.1) is 0 Å². The lowest BCUT2D eigenvalue weighted by Gasteiger charge is -2.50. The average Bonchev–Trinajstić information content (AvgIpc) is 2.70. The van der Waals surface area contributed by atoms with Gasteiger partial charge in [0.2, 0.25) is 5.78 Å². The van der Waals surface area contributed by atoms with Crippen LogP contribution in [0.1, 0.15) is 23.1 Å². The highest BCUT2D eigenvalue weighted by atomic mass is 16.3. The number of aliphatic hydroxyl groups is 3. The number of aromatic hydroxyl groups is 1. The molecule has 1 saturated carbocycles. The summed E-state index contributed by atoms with van der Waals surface area (Å²) in [6.45, 7) is 3.75. The molecule has 6 N–H and O–H groups in total. The highest BCUT2D eigenvalue weighted by Crippen LogP contribution is 2.52. The smallest absolute Gasteiger partial charge is 0.255 e. The van der Waals surface area contributed by atoms with Crippen LogP contribution in [0, 0.1) is 11.8 Å². The van der Waals surface area contributed by atoms with Crippen molar-refractivity contribution < 1.29 is 34.8 Å². The third-order valence-electron chi connectivity index (χ3n) is 6.86. The van der Waals surface area contributed by atoms with E-state index in [-0.39, 0.29) is 29.7 Å². The number of amides is 1. The number of carbonyl (C=O) groups is 3. The molecular formula is C23H24N2O7. The normalized spacial score (nSPS) is 29.6. The molecule has 4 atom stereocenters. The van der Waals surface area contributed by atoms with Gasteiger partial charge in [-0.05, 0) is 50.0 Å². The number of phenolic OH excluding ortho intramolecular Hbond substituents is 1. The lowest BCUT2D eigenvalue weighted by molar-refractivity contribution is -0.153. The summed E-state index contributed by atoms with van der Waals surface area (Å²) in [5.41, 5.74) is 2.97. The van der Waals surface area contributed by atoms with E-state index in [0.29, 0.717) is 11.1 Å². The SMILES string of the molecule is C=Cc1ccc(O)c2c1C[C@H]1C[C@H]3[C@H](N(C)C)C(=O)C(C(N)=O)=C(O)[C@@]3(O)C(=O)C1=C2O. The van der Waals surface area contributed by atoms with Gasteiger partial charge < -0.3 is 26.2 Å². The highest BCUT2D eigenvalue weighted by Gasteiger charge is 2.64. The minimum absolute atomic E-state index is 0.0536. The van der Waals surface area contributed by atoms with Crippen molar-refractivity contribution in [3.63, 3.8) is 0 Å². The number of phenols is 1. The molecule has 9 heteroatoms. The van der Waals surface area contributed by atoms with Crippen LogP contribution in [0.5, 0.6) is 5.75 Å². The molecule has 0 unspecified atom stereocenters. The molecule has 0 bridgehead atoms. The molecule has 32 heavy (non-hydrogen) atoms. The molecular weight excluding hydrogens is 416 g/mol. The van der Waals surface area contributed by atoms with E-state index in [2.05, 4.69) is 6.58 Å². The monoisotopic (exact) mass is 440 g/mol. The Bertz CT molecular complexity index is 1160. The zero-order chi connectivity index (χ0) is 23.7. The Kier molecular flexibility index (Phi) is 4.80. The van der Waals surface area contributed by atoms with Gasteiger partial charge >= 0.3 is 0 Å². The quantitative estimate of drug-likeness (QED) is 0.427.